The maximum Gasteiger partial charge on any atom is 0.431 e. The van der Waals surface area contributed by atoms with Crippen LogP contribution < -0.4 is 25.3 Å². The molecule has 1 saturated heterocycles. The molecule has 1 aromatic heterocycles. The summed E-state index contributed by atoms with van der Waals surface area (Å²) >= 11 is 0. The molecule has 186 valence electrons. The molecule has 0 bridgehead atoms. The van der Waals surface area contributed by atoms with Gasteiger partial charge in [-0.15, -0.1) is 0 Å². The Morgan fingerprint density at radius 3 is 2.44 bits per heavy atom. The van der Waals surface area contributed by atoms with Gasteiger partial charge in [0.25, 0.3) is 5.91 Å². The number of ether oxygens (including phenoxy) is 1. The highest BCUT2D eigenvalue weighted by Crippen LogP contribution is 2.35. The quantitative estimate of drug-likeness (QED) is 0.360. The molecule has 36 heavy (non-hydrogen) atoms. The summed E-state index contributed by atoms with van der Waals surface area (Å²) < 4.78 is 11.8. The van der Waals surface area contributed by atoms with Crippen LogP contribution in [-0.4, -0.2) is 47.1 Å². The van der Waals surface area contributed by atoms with Crippen LogP contribution in [0, 0.1) is 0 Å². The predicted octanol–water partition coefficient (Wildman–Crippen LogP) is 1.51. The molecule has 2 N–H and O–H groups in total. The summed E-state index contributed by atoms with van der Waals surface area (Å²) in [5.74, 6) is -0.189. The zero-order valence-corrected chi connectivity index (χ0v) is 19.9. The molecule has 0 radical (unpaired) electrons. The molecule has 2 aromatic carbocycles. The average Bonchev–Trinajstić information content (AvgIpc) is 3.58. The Morgan fingerprint density at radius 1 is 1.14 bits per heavy atom. The Morgan fingerprint density at radius 2 is 1.83 bits per heavy atom. The monoisotopic (exact) mass is 492 g/mol. The van der Waals surface area contributed by atoms with Gasteiger partial charge in [-0.25, -0.2) is 9.69 Å². The Hall–Kier alpha value is -4.25. The van der Waals surface area contributed by atoms with Crippen molar-refractivity contribution >= 4 is 29.1 Å². The zero-order chi connectivity index (χ0) is 25.4. The summed E-state index contributed by atoms with van der Waals surface area (Å²) in [7, 11) is 1.57. The van der Waals surface area contributed by atoms with Crippen molar-refractivity contribution < 1.29 is 28.3 Å². The second-order valence-electron chi connectivity index (χ2n) is 8.88. The van der Waals surface area contributed by atoms with Crippen molar-refractivity contribution in [1.29, 1.82) is 0 Å². The second-order valence-corrected chi connectivity index (χ2v) is 8.88. The molecular weight excluding hydrogens is 466 g/mol. The van der Waals surface area contributed by atoms with Crippen molar-refractivity contribution in [2.75, 3.05) is 17.3 Å². The molecule has 11 nitrogen and oxygen atoms in total. The minimum atomic E-state index is -0.696. The van der Waals surface area contributed by atoms with Crippen LogP contribution in [0.25, 0.3) is 5.69 Å². The summed E-state index contributed by atoms with van der Waals surface area (Å²) in [4.78, 5) is 53.4. The lowest BCUT2D eigenvalue weighted by Gasteiger charge is -2.25. The van der Waals surface area contributed by atoms with E-state index in [2.05, 4.69) is 10.6 Å². The van der Waals surface area contributed by atoms with E-state index in [0.717, 1.165) is 12.8 Å². The number of aromatic nitrogens is 2. The molecule has 2 fully saturated rings. The number of rotatable bonds is 8. The summed E-state index contributed by atoms with van der Waals surface area (Å²) in [6.07, 6.45) is 1.77. The van der Waals surface area contributed by atoms with Crippen LogP contribution in [-0.2, 0) is 20.9 Å². The minimum Gasteiger partial charge on any atom is -0.497 e. The lowest BCUT2D eigenvalue weighted by molar-refractivity contribution is -0.678. The highest BCUT2D eigenvalue weighted by atomic mass is 16.5. The van der Waals surface area contributed by atoms with E-state index in [1.807, 2.05) is 4.90 Å². The largest absolute Gasteiger partial charge is 0.497 e. The van der Waals surface area contributed by atoms with Crippen molar-refractivity contribution in [3.63, 3.8) is 0 Å². The fourth-order valence-corrected chi connectivity index (χ4v) is 4.48. The van der Waals surface area contributed by atoms with Crippen molar-refractivity contribution in [3.05, 3.63) is 64.6 Å². The number of carbonyl (C=O) groups excluding carboxylic acids is 3. The minimum absolute atomic E-state index is 0.0150. The second kappa shape index (κ2) is 9.42. The van der Waals surface area contributed by atoms with E-state index in [4.69, 9.17) is 9.26 Å². The smallest absolute Gasteiger partial charge is 0.431 e. The van der Waals surface area contributed by atoms with Gasteiger partial charge in [0.15, 0.2) is 0 Å². The van der Waals surface area contributed by atoms with Crippen LogP contribution >= 0.6 is 0 Å². The predicted molar refractivity (Wildman–Crippen MR) is 128 cm³/mol. The van der Waals surface area contributed by atoms with Gasteiger partial charge in [-0.1, -0.05) is 0 Å². The van der Waals surface area contributed by atoms with Gasteiger partial charge < -0.3 is 10.1 Å². The summed E-state index contributed by atoms with van der Waals surface area (Å²) in [5, 5.41) is 5.29. The highest BCUT2D eigenvalue weighted by Gasteiger charge is 2.48. The fraction of sp³-hybridized carbons (Fsp3) is 0.320. The third-order valence-electron chi connectivity index (χ3n) is 6.38. The molecule has 1 aliphatic heterocycles. The zero-order valence-electron chi connectivity index (χ0n) is 19.9. The normalized spacial score (nSPS) is 17.6. The van der Waals surface area contributed by atoms with Crippen molar-refractivity contribution in [2.24, 2.45) is 0 Å². The van der Waals surface area contributed by atoms with Crippen LogP contribution in [0.15, 0.2) is 57.8 Å². The Kier molecular flexibility index (Phi) is 6.15. The van der Waals surface area contributed by atoms with Gasteiger partial charge in [0.1, 0.15) is 5.75 Å². The molecule has 1 saturated carbocycles. The van der Waals surface area contributed by atoms with Gasteiger partial charge in [0.05, 0.1) is 31.8 Å². The molecule has 1 unspecified atom stereocenters. The first-order valence-electron chi connectivity index (χ1n) is 11.6. The van der Waals surface area contributed by atoms with Crippen molar-refractivity contribution in [1.82, 2.24) is 10.2 Å². The molecule has 3 amide bonds. The van der Waals surface area contributed by atoms with E-state index >= 15 is 0 Å². The van der Waals surface area contributed by atoms with E-state index in [9.17, 15) is 19.2 Å². The molecule has 2 aliphatic rings. The number of anilines is 2. The number of hydrogen-bond acceptors (Lipinski definition) is 7. The lowest BCUT2D eigenvalue weighted by atomic mass is 10.2. The Balaban J connectivity index is 1.40. The van der Waals surface area contributed by atoms with Crippen LogP contribution in [0.2, 0.25) is 0 Å². The Labute approximate surface area is 206 Å². The first-order chi connectivity index (χ1) is 17.4. The number of amides is 3. The molecule has 2 heterocycles. The molecular formula is C25H26N5O6+. The van der Waals surface area contributed by atoms with E-state index in [0.29, 0.717) is 28.5 Å². The van der Waals surface area contributed by atoms with Crippen molar-refractivity contribution in [3.8, 4) is 11.4 Å². The maximum absolute atomic E-state index is 13.5. The number of nitrogens with one attached hydrogen (secondary N) is 2. The number of imide groups is 1. The standard InChI is InChI=1S/C25H25N5O6/c1-15(31)26-16-3-5-18(6-4-16)29-23(32)13-21(24(29)33)28(17-7-8-17)14-22-25(34)36-27-30(22)19-9-11-20(35-2)12-10-19/h3-6,9-12,17,21H,7-8,13-14H2,1-2H3,(H-,26,27,31,34)/p+1. The number of nitrogens with zero attached hydrogens (tertiary/aromatic N) is 3. The van der Waals surface area contributed by atoms with Gasteiger partial charge in [-0.2, -0.15) is 0 Å². The summed E-state index contributed by atoms with van der Waals surface area (Å²) in [5.41, 5.74) is 1.46. The summed E-state index contributed by atoms with van der Waals surface area (Å²) in [6, 6.07) is 13.0. The van der Waals surface area contributed by atoms with Gasteiger partial charge in [-0.3, -0.25) is 23.8 Å². The fourth-order valence-electron chi connectivity index (χ4n) is 4.48. The van der Waals surface area contributed by atoms with Gasteiger partial charge in [-0.05, 0) is 59.2 Å². The van der Waals surface area contributed by atoms with Gasteiger partial charge >= 0.3 is 11.3 Å². The molecule has 1 aliphatic carbocycles. The van der Waals surface area contributed by atoms with Crippen LogP contribution in [0.4, 0.5) is 11.4 Å². The number of benzene rings is 2. The molecule has 11 heteroatoms. The maximum atomic E-state index is 13.5. The number of hydrogen-bond donors (Lipinski definition) is 2. The van der Waals surface area contributed by atoms with Crippen LogP contribution in [0.5, 0.6) is 5.75 Å². The number of H-pyrrole nitrogens is 1. The van der Waals surface area contributed by atoms with E-state index in [1.165, 1.54) is 16.5 Å². The van der Waals surface area contributed by atoms with Crippen LogP contribution in [0.1, 0.15) is 31.9 Å². The first kappa shape index (κ1) is 23.5. The number of aromatic amines is 1. The average molecular weight is 493 g/mol. The lowest BCUT2D eigenvalue weighted by Crippen LogP contribution is -2.47. The topological polar surface area (TPSA) is 129 Å². The SMILES string of the molecule is COc1ccc(-[n+]2[nH]oc(=O)c2CN(C2CC2)C2CC(=O)N(c3ccc(NC(C)=O)cc3)C2=O)cc1. The number of methoxy groups -OCH3 is 1. The number of carbonyl (C=O) groups is 3. The van der Waals surface area contributed by atoms with Gasteiger partial charge in [0.2, 0.25) is 17.5 Å². The molecule has 0 spiro atoms. The highest BCUT2D eigenvalue weighted by molar-refractivity contribution is 6.22. The van der Waals surface area contributed by atoms with Crippen molar-refractivity contribution in [2.45, 2.75) is 44.8 Å². The van der Waals surface area contributed by atoms with E-state index in [1.54, 1.807) is 55.6 Å². The van der Waals surface area contributed by atoms with E-state index < -0.39 is 11.7 Å². The van der Waals surface area contributed by atoms with Crippen LogP contribution in [0.3, 0.4) is 0 Å². The Bertz CT molecular complexity index is 1360. The molecule has 3 aromatic rings. The molecule has 1 atom stereocenters. The van der Waals surface area contributed by atoms with Gasteiger partial charge in [0, 0.05) is 30.8 Å². The molecule has 5 rings (SSSR count). The third kappa shape index (κ3) is 4.52. The summed E-state index contributed by atoms with van der Waals surface area (Å²) in [6.45, 7) is 1.55. The first-order valence-corrected chi connectivity index (χ1v) is 11.6. The third-order valence-corrected chi connectivity index (χ3v) is 6.38. The van der Waals surface area contributed by atoms with E-state index in [-0.39, 0.29) is 36.7 Å².